The van der Waals surface area contributed by atoms with E-state index in [2.05, 4.69) is 21.8 Å². The summed E-state index contributed by atoms with van der Waals surface area (Å²) in [6.45, 7) is 4.32. The van der Waals surface area contributed by atoms with Gasteiger partial charge < -0.3 is 10.1 Å². The predicted octanol–water partition coefficient (Wildman–Crippen LogP) is 3.56. The van der Waals surface area contributed by atoms with Crippen LogP contribution in [0.4, 0.5) is 0 Å². The molecule has 0 radical (unpaired) electrons. The normalized spacial score (nSPS) is 12.2. The van der Waals surface area contributed by atoms with Crippen LogP contribution in [0.2, 0.25) is 5.02 Å². The topological polar surface area (TPSA) is 56.1 Å². The lowest BCUT2D eigenvalue weighted by Crippen LogP contribution is -2.38. The number of esters is 1. The summed E-state index contributed by atoms with van der Waals surface area (Å²) in [6.07, 6.45) is 5.32. The average molecular weight is 364 g/mol. The van der Waals surface area contributed by atoms with Crippen LogP contribution in [0.1, 0.15) is 38.2 Å². The van der Waals surface area contributed by atoms with Gasteiger partial charge in [-0.25, -0.2) is 4.98 Å². The fourth-order valence-corrected chi connectivity index (χ4v) is 2.99. The fourth-order valence-electron chi connectivity index (χ4n) is 2.77. The maximum Gasteiger partial charge on any atom is 0.323 e. The molecule has 25 heavy (non-hydrogen) atoms. The van der Waals surface area contributed by atoms with E-state index in [0.717, 1.165) is 36.5 Å². The number of hydrogen-bond acceptors (Lipinski definition) is 4. The molecular weight excluding hydrogens is 338 g/mol. The largest absolute Gasteiger partial charge is 0.465 e. The van der Waals surface area contributed by atoms with Crippen LogP contribution in [-0.2, 0) is 22.4 Å². The maximum absolute atomic E-state index is 12.1. The van der Waals surface area contributed by atoms with Gasteiger partial charge in [0.1, 0.15) is 11.9 Å². The number of halogens is 1. The lowest BCUT2D eigenvalue weighted by atomic mass is 10.1. The molecule has 0 unspecified atom stereocenters. The van der Waals surface area contributed by atoms with Crippen LogP contribution in [0.15, 0.2) is 30.5 Å². The zero-order valence-electron chi connectivity index (χ0n) is 15.1. The van der Waals surface area contributed by atoms with Gasteiger partial charge in [0.25, 0.3) is 0 Å². The van der Waals surface area contributed by atoms with Crippen molar-refractivity contribution in [3.8, 4) is 5.69 Å². The molecule has 0 aliphatic heterocycles. The van der Waals surface area contributed by atoms with Gasteiger partial charge in [-0.3, -0.25) is 9.36 Å². The summed E-state index contributed by atoms with van der Waals surface area (Å²) >= 11 is 6.42. The molecule has 0 saturated heterocycles. The number of benzene rings is 1. The van der Waals surface area contributed by atoms with E-state index in [0.29, 0.717) is 18.1 Å². The second-order valence-electron chi connectivity index (χ2n) is 5.85. The van der Waals surface area contributed by atoms with E-state index in [1.807, 2.05) is 37.4 Å². The van der Waals surface area contributed by atoms with Gasteiger partial charge in [0.2, 0.25) is 0 Å². The van der Waals surface area contributed by atoms with Crippen molar-refractivity contribution in [2.24, 2.45) is 0 Å². The molecule has 0 amide bonds. The molecular formula is C19H26ClN3O2. The SMILES string of the molecule is CCCCc1ncc(C[C@H](NC)C(=O)OCC)n1-c1ccccc1Cl. The monoisotopic (exact) mass is 363 g/mol. The smallest absolute Gasteiger partial charge is 0.323 e. The van der Waals surface area contributed by atoms with Crippen molar-refractivity contribution in [3.63, 3.8) is 0 Å². The number of rotatable bonds is 9. The zero-order valence-corrected chi connectivity index (χ0v) is 15.8. The highest BCUT2D eigenvalue weighted by atomic mass is 35.5. The lowest BCUT2D eigenvalue weighted by molar-refractivity contribution is -0.145. The Morgan fingerprint density at radius 3 is 2.76 bits per heavy atom. The first kappa shape index (κ1) is 19.5. The number of ether oxygens (including phenoxy) is 1. The van der Waals surface area contributed by atoms with Crippen LogP contribution >= 0.6 is 11.6 Å². The quantitative estimate of drug-likeness (QED) is 0.692. The number of unbranched alkanes of at least 4 members (excludes halogenated alkanes) is 1. The zero-order chi connectivity index (χ0) is 18.2. The molecule has 0 aliphatic carbocycles. The Bertz CT molecular complexity index is 700. The summed E-state index contributed by atoms with van der Waals surface area (Å²) in [4.78, 5) is 16.7. The van der Waals surface area contributed by atoms with Crippen molar-refractivity contribution in [2.45, 2.75) is 45.6 Å². The Morgan fingerprint density at radius 2 is 2.12 bits per heavy atom. The van der Waals surface area contributed by atoms with Crippen LogP contribution < -0.4 is 5.32 Å². The number of nitrogens with one attached hydrogen (secondary N) is 1. The highest BCUT2D eigenvalue weighted by Crippen LogP contribution is 2.25. The van der Waals surface area contributed by atoms with Gasteiger partial charge in [0, 0.05) is 24.7 Å². The first-order valence-corrected chi connectivity index (χ1v) is 9.14. The van der Waals surface area contributed by atoms with E-state index in [1.165, 1.54) is 0 Å². The standard InChI is InChI=1S/C19H26ClN3O2/c1-4-6-11-18-22-13-14(12-16(21-3)19(24)25-5-2)23(18)17-10-8-7-9-15(17)20/h7-10,13,16,21H,4-6,11-12H2,1-3H3/t16-/m0/s1. The third kappa shape index (κ3) is 4.83. The van der Waals surface area contributed by atoms with Crippen molar-refractivity contribution in [3.05, 3.63) is 47.0 Å². The Balaban J connectivity index is 2.39. The molecule has 1 heterocycles. The Morgan fingerprint density at radius 1 is 1.36 bits per heavy atom. The second-order valence-corrected chi connectivity index (χ2v) is 6.26. The van der Waals surface area contributed by atoms with Crippen molar-refractivity contribution in [2.75, 3.05) is 13.7 Å². The van der Waals surface area contributed by atoms with Crippen LogP contribution in [0.25, 0.3) is 5.69 Å². The van der Waals surface area contributed by atoms with Crippen LogP contribution in [0, 0.1) is 0 Å². The third-order valence-electron chi connectivity index (χ3n) is 4.09. The molecule has 0 spiro atoms. The lowest BCUT2D eigenvalue weighted by Gasteiger charge is -2.18. The molecule has 5 nitrogen and oxygen atoms in total. The predicted molar refractivity (Wildman–Crippen MR) is 100 cm³/mol. The van der Waals surface area contributed by atoms with Gasteiger partial charge in [-0.15, -0.1) is 0 Å². The number of imidazole rings is 1. The molecule has 0 aliphatic rings. The van der Waals surface area contributed by atoms with E-state index in [-0.39, 0.29) is 5.97 Å². The second kappa shape index (κ2) is 9.59. The van der Waals surface area contributed by atoms with Crippen molar-refractivity contribution in [1.82, 2.24) is 14.9 Å². The first-order chi connectivity index (χ1) is 12.1. The molecule has 1 aromatic carbocycles. The molecule has 2 rings (SSSR count). The van der Waals surface area contributed by atoms with Gasteiger partial charge in [0.15, 0.2) is 0 Å². The van der Waals surface area contributed by atoms with Gasteiger partial charge in [-0.1, -0.05) is 37.1 Å². The molecule has 2 aromatic rings. The maximum atomic E-state index is 12.1. The van der Waals surface area contributed by atoms with Gasteiger partial charge >= 0.3 is 5.97 Å². The number of likely N-dealkylation sites (N-methyl/N-ethyl adjacent to an activating group) is 1. The summed E-state index contributed by atoms with van der Waals surface area (Å²) in [7, 11) is 1.76. The van der Waals surface area contributed by atoms with E-state index < -0.39 is 6.04 Å². The number of aromatic nitrogens is 2. The van der Waals surface area contributed by atoms with Crippen molar-refractivity contribution < 1.29 is 9.53 Å². The van der Waals surface area contributed by atoms with E-state index in [1.54, 1.807) is 7.05 Å². The minimum Gasteiger partial charge on any atom is -0.465 e. The van der Waals surface area contributed by atoms with Gasteiger partial charge in [0.05, 0.1) is 17.3 Å². The number of para-hydroxylation sites is 1. The number of hydrogen-bond donors (Lipinski definition) is 1. The number of carbonyl (C=O) groups is 1. The average Bonchev–Trinajstić information content (AvgIpc) is 3.00. The highest BCUT2D eigenvalue weighted by molar-refractivity contribution is 6.32. The highest BCUT2D eigenvalue weighted by Gasteiger charge is 2.22. The molecule has 6 heteroatoms. The van der Waals surface area contributed by atoms with Gasteiger partial charge in [-0.2, -0.15) is 0 Å². The molecule has 136 valence electrons. The van der Waals surface area contributed by atoms with E-state index >= 15 is 0 Å². The molecule has 1 atom stereocenters. The summed E-state index contributed by atoms with van der Waals surface area (Å²) in [5.74, 6) is 0.704. The van der Waals surface area contributed by atoms with Crippen LogP contribution in [0.5, 0.6) is 0 Å². The Labute approximate surface area is 154 Å². The molecule has 1 N–H and O–H groups in total. The fraction of sp³-hybridized carbons (Fsp3) is 0.474. The van der Waals surface area contributed by atoms with Crippen LogP contribution in [0.3, 0.4) is 0 Å². The minimum absolute atomic E-state index is 0.257. The third-order valence-corrected chi connectivity index (χ3v) is 4.41. The summed E-state index contributed by atoms with van der Waals surface area (Å²) in [5, 5.41) is 3.70. The number of nitrogens with zero attached hydrogens (tertiary/aromatic N) is 2. The van der Waals surface area contributed by atoms with E-state index in [4.69, 9.17) is 16.3 Å². The Hall–Kier alpha value is -1.85. The van der Waals surface area contributed by atoms with E-state index in [9.17, 15) is 4.79 Å². The molecule has 0 bridgehead atoms. The van der Waals surface area contributed by atoms with Gasteiger partial charge in [-0.05, 0) is 32.5 Å². The Kier molecular flexibility index (Phi) is 7.47. The molecule has 0 saturated carbocycles. The summed E-state index contributed by atoms with van der Waals surface area (Å²) in [5.41, 5.74) is 1.83. The first-order valence-electron chi connectivity index (χ1n) is 8.76. The molecule has 1 aromatic heterocycles. The van der Waals surface area contributed by atoms with Crippen molar-refractivity contribution in [1.29, 1.82) is 0 Å². The summed E-state index contributed by atoms with van der Waals surface area (Å²) < 4.78 is 7.22. The number of carbonyl (C=O) groups excluding carboxylic acids is 1. The molecule has 0 fully saturated rings. The minimum atomic E-state index is -0.420. The van der Waals surface area contributed by atoms with Crippen molar-refractivity contribution >= 4 is 17.6 Å². The van der Waals surface area contributed by atoms with Crippen LogP contribution in [-0.4, -0.2) is 35.2 Å². The number of aryl methyl sites for hydroxylation is 1. The summed E-state index contributed by atoms with van der Waals surface area (Å²) in [6, 6.07) is 7.28.